The van der Waals surface area contributed by atoms with Gasteiger partial charge in [0.2, 0.25) is 0 Å². The van der Waals surface area contributed by atoms with E-state index in [1.54, 1.807) is 0 Å². The van der Waals surface area contributed by atoms with Gasteiger partial charge in [-0.05, 0) is 38.6 Å². The first kappa shape index (κ1) is 13.9. The monoisotopic (exact) mass is 201 g/mol. The quantitative estimate of drug-likeness (QED) is 0.579. The molecule has 0 aliphatic heterocycles. The molecule has 0 rings (SSSR count). The smallest absolute Gasteiger partial charge is 0.0480 e. The van der Waals surface area contributed by atoms with Crippen LogP contribution in [-0.4, -0.2) is 25.8 Å². The predicted octanol–water partition coefficient (Wildman–Crippen LogP) is 2.83. The molecule has 0 aromatic carbocycles. The standard InChI is InChI=1S/C12H27NO/c1-5-13-12(4)8-10-14-9-6-7-11(2)3/h11-13H,5-10H2,1-4H3. The molecule has 1 atom stereocenters. The Labute approximate surface area is 89.4 Å². The summed E-state index contributed by atoms with van der Waals surface area (Å²) in [4.78, 5) is 0. The average Bonchev–Trinajstić information content (AvgIpc) is 2.11. The first-order valence-electron chi connectivity index (χ1n) is 5.98. The maximum Gasteiger partial charge on any atom is 0.0480 e. The molecular weight excluding hydrogens is 174 g/mol. The van der Waals surface area contributed by atoms with Crippen molar-refractivity contribution in [3.8, 4) is 0 Å². The molecule has 0 spiro atoms. The van der Waals surface area contributed by atoms with Crippen LogP contribution in [0.4, 0.5) is 0 Å². The largest absolute Gasteiger partial charge is 0.381 e. The Bertz CT molecular complexity index is 115. The molecule has 2 nitrogen and oxygen atoms in total. The summed E-state index contributed by atoms with van der Waals surface area (Å²) in [5.74, 6) is 0.805. The van der Waals surface area contributed by atoms with Crippen LogP contribution in [0.25, 0.3) is 0 Å². The lowest BCUT2D eigenvalue weighted by atomic mass is 10.1. The number of rotatable bonds is 9. The number of hydrogen-bond acceptors (Lipinski definition) is 2. The molecule has 1 N–H and O–H groups in total. The molecule has 2 heteroatoms. The van der Waals surface area contributed by atoms with Crippen LogP contribution in [0.1, 0.15) is 47.0 Å². The highest BCUT2D eigenvalue weighted by molar-refractivity contribution is 4.57. The summed E-state index contributed by atoms with van der Waals surface area (Å²) >= 11 is 0. The lowest BCUT2D eigenvalue weighted by Gasteiger charge is -2.12. The summed E-state index contributed by atoms with van der Waals surface area (Å²) in [5.41, 5.74) is 0. The van der Waals surface area contributed by atoms with E-state index in [2.05, 4.69) is 33.0 Å². The lowest BCUT2D eigenvalue weighted by Crippen LogP contribution is -2.26. The fourth-order valence-corrected chi connectivity index (χ4v) is 1.41. The molecule has 0 saturated carbocycles. The highest BCUT2D eigenvalue weighted by Gasteiger charge is 1.99. The predicted molar refractivity (Wildman–Crippen MR) is 62.6 cm³/mol. The summed E-state index contributed by atoms with van der Waals surface area (Å²) in [5, 5.41) is 3.37. The van der Waals surface area contributed by atoms with Crippen LogP contribution in [0.15, 0.2) is 0 Å². The Morgan fingerprint density at radius 3 is 2.36 bits per heavy atom. The molecule has 14 heavy (non-hydrogen) atoms. The molecular formula is C12H27NO. The molecule has 0 fully saturated rings. The lowest BCUT2D eigenvalue weighted by molar-refractivity contribution is 0.119. The Hall–Kier alpha value is -0.0800. The van der Waals surface area contributed by atoms with Crippen LogP contribution in [0, 0.1) is 5.92 Å². The van der Waals surface area contributed by atoms with Gasteiger partial charge < -0.3 is 10.1 Å². The first-order chi connectivity index (χ1) is 6.66. The van der Waals surface area contributed by atoms with Crippen molar-refractivity contribution in [3.63, 3.8) is 0 Å². The number of ether oxygens (including phenoxy) is 1. The number of hydrogen-bond donors (Lipinski definition) is 1. The van der Waals surface area contributed by atoms with Crippen molar-refractivity contribution in [1.29, 1.82) is 0 Å². The van der Waals surface area contributed by atoms with Gasteiger partial charge in [0.25, 0.3) is 0 Å². The van der Waals surface area contributed by atoms with E-state index in [0.717, 1.165) is 32.1 Å². The Morgan fingerprint density at radius 1 is 1.07 bits per heavy atom. The first-order valence-corrected chi connectivity index (χ1v) is 5.98. The van der Waals surface area contributed by atoms with E-state index < -0.39 is 0 Å². The van der Waals surface area contributed by atoms with Crippen molar-refractivity contribution in [2.24, 2.45) is 5.92 Å². The molecule has 86 valence electrons. The van der Waals surface area contributed by atoms with E-state index >= 15 is 0 Å². The van der Waals surface area contributed by atoms with Crippen molar-refractivity contribution < 1.29 is 4.74 Å². The maximum atomic E-state index is 5.56. The fraction of sp³-hybridized carbons (Fsp3) is 1.00. The Balaban J connectivity index is 3.05. The topological polar surface area (TPSA) is 21.3 Å². The highest BCUT2D eigenvalue weighted by atomic mass is 16.5. The van der Waals surface area contributed by atoms with Crippen LogP contribution >= 0.6 is 0 Å². The van der Waals surface area contributed by atoms with E-state index in [9.17, 15) is 0 Å². The summed E-state index contributed by atoms with van der Waals surface area (Å²) in [6, 6.07) is 0.588. The minimum atomic E-state index is 0.588. The second kappa shape index (κ2) is 9.47. The SMILES string of the molecule is CCNC(C)CCOCCCC(C)C. The van der Waals surface area contributed by atoms with Gasteiger partial charge in [0.15, 0.2) is 0 Å². The van der Waals surface area contributed by atoms with Gasteiger partial charge in [-0.3, -0.25) is 0 Å². The van der Waals surface area contributed by atoms with Gasteiger partial charge in [0.1, 0.15) is 0 Å². The van der Waals surface area contributed by atoms with Crippen LogP contribution in [0.3, 0.4) is 0 Å². The third-order valence-electron chi connectivity index (χ3n) is 2.32. The van der Waals surface area contributed by atoms with Crippen molar-refractivity contribution >= 4 is 0 Å². The third kappa shape index (κ3) is 10.0. The summed E-state index contributed by atoms with van der Waals surface area (Å²) in [7, 11) is 0. The van der Waals surface area contributed by atoms with Crippen LogP contribution in [0.2, 0.25) is 0 Å². The molecule has 0 amide bonds. The van der Waals surface area contributed by atoms with E-state index in [0.29, 0.717) is 6.04 Å². The zero-order chi connectivity index (χ0) is 10.8. The van der Waals surface area contributed by atoms with Gasteiger partial charge >= 0.3 is 0 Å². The zero-order valence-electron chi connectivity index (χ0n) is 10.3. The van der Waals surface area contributed by atoms with Gasteiger partial charge in [0.05, 0.1) is 0 Å². The van der Waals surface area contributed by atoms with Gasteiger partial charge in [-0.25, -0.2) is 0 Å². The maximum absolute atomic E-state index is 5.56. The molecule has 1 unspecified atom stereocenters. The highest BCUT2D eigenvalue weighted by Crippen LogP contribution is 2.03. The van der Waals surface area contributed by atoms with Crippen molar-refractivity contribution in [2.45, 2.75) is 53.0 Å². The Morgan fingerprint density at radius 2 is 1.79 bits per heavy atom. The number of nitrogens with one attached hydrogen (secondary N) is 1. The van der Waals surface area contributed by atoms with E-state index in [-0.39, 0.29) is 0 Å². The minimum absolute atomic E-state index is 0.588. The minimum Gasteiger partial charge on any atom is -0.381 e. The second-order valence-electron chi connectivity index (χ2n) is 4.40. The summed E-state index contributed by atoms with van der Waals surface area (Å²) < 4.78 is 5.56. The van der Waals surface area contributed by atoms with Gasteiger partial charge in [-0.15, -0.1) is 0 Å². The second-order valence-corrected chi connectivity index (χ2v) is 4.40. The van der Waals surface area contributed by atoms with Crippen molar-refractivity contribution in [2.75, 3.05) is 19.8 Å². The molecule has 0 heterocycles. The van der Waals surface area contributed by atoms with E-state index in [4.69, 9.17) is 4.74 Å². The zero-order valence-corrected chi connectivity index (χ0v) is 10.3. The van der Waals surface area contributed by atoms with Crippen LogP contribution < -0.4 is 5.32 Å². The summed E-state index contributed by atoms with van der Waals surface area (Å²) in [6.45, 7) is 11.7. The van der Waals surface area contributed by atoms with E-state index in [1.165, 1.54) is 12.8 Å². The Kier molecular flexibility index (Phi) is 9.42. The fourth-order valence-electron chi connectivity index (χ4n) is 1.41. The molecule has 0 aliphatic carbocycles. The average molecular weight is 201 g/mol. The molecule has 0 aromatic heterocycles. The van der Waals surface area contributed by atoms with Crippen LogP contribution in [-0.2, 0) is 4.74 Å². The molecule has 0 aliphatic rings. The van der Waals surface area contributed by atoms with Gasteiger partial charge in [-0.2, -0.15) is 0 Å². The van der Waals surface area contributed by atoms with Gasteiger partial charge in [-0.1, -0.05) is 20.8 Å². The summed E-state index contributed by atoms with van der Waals surface area (Å²) in [6.07, 6.45) is 3.60. The third-order valence-corrected chi connectivity index (χ3v) is 2.32. The van der Waals surface area contributed by atoms with Crippen molar-refractivity contribution in [3.05, 3.63) is 0 Å². The van der Waals surface area contributed by atoms with Crippen LogP contribution in [0.5, 0.6) is 0 Å². The molecule has 0 radical (unpaired) electrons. The molecule has 0 bridgehead atoms. The van der Waals surface area contributed by atoms with Gasteiger partial charge in [0, 0.05) is 19.3 Å². The normalized spacial score (nSPS) is 13.5. The molecule has 0 aromatic rings. The van der Waals surface area contributed by atoms with E-state index in [1.807, 2.05) is 0 Å². The molecule has 0 saturated heterocycles. The van der Waals surface area contributed by atoms with Crippen molar-refractivity contribution in [1.82, 2.24) is 5.32 Å².